The van der Waals surface area contributed by atoms with Crippen molar-refractivity contribution in [3.63, 3.8) is 0 Å². The van der Waals surface area contributed by atoms with Gasteiger partial charge in [0.2, 0.25) is 0 Å². The van der Waals surface area contributed by atoms with E-state index in [2.05, 4.69) is 62.4 Å². The predicted octanol–water partition coefficient (Wildman–Crippen LogP) is 7.52. The van der Waals surface area contributed by atoms with E-state index in [-0.39, 0.29) is 11.5 Å². The molecule has 8 heteroatoms. The van der Waals surface area contributed by atoms with Crippen molar-refractivity contribution >= 4 is 45.7 Å². The molecular formula is C31H25N3O3S2. The van der Waals surface area contributed by atoms with Gasteiger partial charge in [0.1, 0.15) is 5.69 Å². The predicted molar refractivity (Wildman–Crippen MR) is 159 cm³/mol. The first-order valence-electron chi connectivity index (χ1n) is 12.5. The zero-order valence-electron chi connectivity index (χ0n) is 21.6. The van der Waals surface area contributed by atoms with Gasteiger partial charge in [0.25, 0.3) is 5.69 Å². The van der Waals surface area contributed by atoms with Crippen LogP contribution < -0.4 is 5.01 Å². The van der Waals surface area contributed by atoms with Crippen LogP contribution in [0.3, 0.4) is 0 Å². The van der Waals surface area contributed by atoms with Crippen LogP contribution in [0, 0.1) is 24.0 Å². The third-order valence-electron chi connectivity index (χ3n) is 7.30. The Morgan fingerprint density at radius 1 is 0.795 bits per heavy atom. The number of hydrogen-bond acceptors (Lipinski definition) is 7. The Morgan fingerprint density at radius 2 is 1.31 bits per heavy atom. The molecule has 0 radical (unpaired) electrons. The van der Waals surface area contributed by atoms with Gasteiger partial charge in [-0.25, -0.2) is 5.01 Å². The highest BCUT2D eigenvalue weighted by Gasteiger charge is 2.62. The molecular weight excluding hydrogens is 526 g/mol. The standard InChI is InChI=1S/C31H25N3O3S2/c1-20-12-4-6-14-23(20)30(24-15-7-5-13-21(24)2)25-16-8-9-17-26(25)31(39-30)33(32-29(38-31)22(3)35)27-18-10-11-19-28(27)34(36)37/h4-19H,1-3H3/t31-/m1/s1. The van der Waals surface area contributed by atoms with Crippen LogP contribution in [0.1, 0.15) is 40.3 Å². The third-order valence-corrected chi connectivity index (χ3v) is 10.7. The molecule has 0 N–H and O–H groups in total. The number of fused-ring (bicyclic) bond motifs is 2. The molecule has 2 aliphatic rings. The lowest BCUT2D eigenvalue weighted by Crippen LogP contribution is -2.34. The second kappa shape index (κ2) is 9.39. The molecule has 2 heterocycles. The van der Waals surface area contributed by atoms with E-state index in [1.54, 1.807) is 35.0 Å². The molecule has 0 amide bonds. The third kappa shape index (κ3) is 3.73. The molecule has 0 aromatic heterocycles. The van der Waals surface area contributed by atoms with E-state index >= 15 is 0 Å². The highest BCUT2D eigenvalue weighted by Crippen LogP contribution is 2.71. The van der Waals surface area contributed by atoms with E-state index in [0.717, 1.165) is 33.4 Å². The summed E-state index contributed by atoms with van der Waals surface area (Å²) in [4.78, 5) is 24.5. The zero-order chi connectivity index (χ0) is 27.4. The summed E-state index contributed by atoms with van der Waals surface area (Å²) >= 11 is 3.04. The maximum Gasteiger partial charge on any atom is 0.294 e. The van der Waals surface area contributed by atoms with Gasteiger partial charge < -0.3 is 0 Å². The van der Waals surface area contributed by atoms with Crippen molar-refractivity contribution in [1.29, 1.82) is 0 Å². The molecule has 1 atom stereocenters. The number of nitrogens with zero attached hydrogens (tertiary/aromatic N) is 3. The molecule has 4 aromatic rings. The average Bonchev–Trinajstić information content (AvgIpc) is 3.46. The summed E-state index contributed by atoms with van der Waals surface area (Å²) < 4.78 is -1.63. The first-order valence-corrected chi connectivity index (χ1v) is 14.2. The van der Waals surface area contributed by atoms with Gasteiger partial charge in [-0.2, -0.15) is 5.10 Å². The van der Waals surface area contributed by atoms with Crippen molar-refractivity contribution in [2.24, 2.45) is 5.10 Å². The van der Waals surface area contributed by atoms with E-state index < -0.39 is 13.9 Å². The Bertz CT molecular complexity index is 1640. The van der Waals surface area contributed by atoms with E-state index in [4.69, 9.17) is 5.10 Å². The molecule has 6 rings (SSSR count). The number of aryl methyl sites for hydroxylation is 2. The van der Waals surface area contributed by atoms with Crippen molar-refractivity contribution < 1.29 is 9.72 Å². The Hall–Kier alpha value is -3.88. The van der Waals surface area contributed by atoms with Crippen molar-refractivity contribution in [3.05, 3.63) is 141 Å². The maximum absolute atomic E-state index is 12.8. The quantitative estimate of drug-likeness (QED) is 0.189. The highest BCUT2D eigenvalue weighted by molar-refractivity contribution is 8.27. The molecule has 0 saturated carbocycles. The molecule has 0 saturated heterocycles. The Kier molecular flexibility index (Phi) is 6.12. The number of nitro groups is 1. The van der Waals surface area contributed by atoms with Crippen molar-refractivity contribution in [1.82, 2.24) is 0 Å². The van der Waals surface area contributed by atoms with Gasteiger partial charge in [-0.15, -0.1) is 0 Å². The number of anilines is 1. The second-order valence-corrected chi connectivity index (χ2v) is 12.5. The molecule has 0 bridgehead atoms. The fourth-order valence-electron chi connectivity index (χ4n) is 5.60. The number of para-hydroxylation sites is 2. The number of nitro benzene ring substituents is 1. The monoisotopic (exact) mass is 551 g/mol. The summed E-state index contributed by atoms with van der Waals surface area (Å²) in [7, 11) is 0. The summed E-state index contributed by atoms with van der Waals surface area (Å²) in [6, 6.07) is 31.5. The van der Waals surface area contributed by atoms with E-state index in [0.29, 0.717) is 10.7 Å². The SMILES string of the molecule is CC(=O)C1=NN(c2ccccc2[N+](=O)[O-])[C@]2(S1)SC(c1ccccc1C)(c1ccccc1C)c1ccccc12. The average molecular weight is 552 g/mol. The summed E-state index contributed by atoms with van der Waals surface area (Å²) in [6.07, 6.45) is 0. The molecule has 2 aliphatic heterocycles. The van der Waals surface area contributed by atoms with Gasteiger partial charge in [-0.05, 0) is 47.7 Å². The smallest absolute Gasteiger partial charge is 0.292 e. The normalized spacial score (nSPS) is 19.2. The topological polar surface area (TPSA) is 75.8 Å². The number of thioether (sulfide) groups is 2. The first kappa shape index (κ1) is 25.4. The summed E-state index contributed by atoms with van der Waals surface area (Å²) in [6.45, 7) is 5.72. The number of ketones is 1. The number of rotatable bonds is 5. The number of hydrazone groups is 1. The molecule has 0 unspecified atom stereocenters. The zero-order valence-corrected chi connectivity index (χ0v) is 23.3. The number of carbonyl (C=O) groups excluding carboxylic acids is 1. The van der Waals surface area contributed by atoms with E-state index in [1.165, 1.54) is 24.8 Å². The molecule has 6 nitrogen and oxygen atoms in total. The van der Waals surface area contributed by atoms with E-state index in [9.17, 15) is 14.9 Å². The molecule has 0 aliphatic carbocycles. The van der Waals surface area contributed by atoms with Gasteiger partial charge in [0.05, 0.1) is 9.67 Å². The summed E-state index contributed by atoms with van der Waals surface area (Å²) in [5.41, 5.74) is 6.86. The Morgan fingerprint density at radius 3 is 1.87 bits per heavy atom. The molecule has 194 valence electrons. The fraction of sp³-hybridized carbons (Fsp3) is 0.161. The van der Waals surface area contributed by atoms with Crippen molar-refractivity contribution in [3.8, 4) is 0 Å². The lowest BCUT2D eigenvalue weighted by Gasteiger charge is -2.38. The minimum absolute atomic E-state index is 0.0617. The lowest BCUT2D eigenvalue weighted by atomic mass is 9.79. The number of Topliss-reactive ketones (excluding diaryl/α,β-unsaturated/α-hetero) is 1. The van der Waals surface area contributed by atoms with Gasteiger partial charge in [-0.3, -0.25) is 14.9 Å². The Labute approximate surface area is 235 Å². The van der Waals surface area contributed by atoms with Crippen LogP contribution in [0.2, 0.25) is 0 Å². The van der Waals surface area contributed by atoms with Gasteiger partial charge >= 0.3 is 0 Å². The van der Waals surface area contributed by atoms with Crippen molar-refractivity contribution in [2.45, 2.75) is 29.7 Å². The van der Waals surface area contributed by atoms with Gasteiger partial charge in [0, 0.05) is 18.6 Å². The van der Waals surface area contributed by atoms with Gasteiger partial charge in [-0.1, -0.05) is 108 Å². The largest absolute Gasteiger partial charge is 0.294 e. The van der Waals surface area contributed by atoms with E-state index in [1.807, 2.05) is 24.3 Å². The lowest BCUT2D eigenvalue weighted by molar-refractivity contribution is -0.384. The van der Waals surface area contributed by atoms with Crippen LogP contribution in [0.15, 0.2) is 102 Å². The number of hydrogen-bond donors (Lipinski definition) is 0. The first-order chi connectivity index (χ1) is 18.8. The number of benzene rings is 4. The van der Waals surface area contributed by atoms with Crippen molar-refractivity contribution in [2.75, 3.05) is 5.01 Å². The van der Waals surface area contributed by atoms with Crippen LogP contribution in [0.25, 0.3) is 0 Å². The van der Waals surface area contributed by atoms with Crippen LogP contribution in [-0.4, -0.2) is 15.8 Å². The van der Waals surface area contributed by atoms with Gasteiger partial charge in [0.15, 0.2) is 15.0 Å². The summed E-state index contributed by atoms with van der Waals surface area (Å²) in [5.74, 6) is -0.178. The van der Waals surface area contributed by atoms with Crippen LogP contribution >= 0.6 is 23.5 Å². The highest BCUT2D eigenvalue weighted by atomic mass is 32.2. The van der Waals surface area contributed by atoms with Crippen LogP contribution in [-0.2, 0) is 13.7 Å². The van der Waals surface area contributed by atoms with Crippen LogP contribution in [0.4, 0.5) is 11.4 Å². The van der Waals surface area contributed by atoms with Crippen LogP contribution in [0.5, 0.6) is 0 Å². The number of carbonyl (C=O) groups is 1. The molecule has 0 fully saturated rings. The maximum atomic E-state index is 12.8. The molecule has 4 aromatic carbocycles. The summed E-state index contributed by atoms with van der Waals surface area (Å²) in [5, 5.41) is 18.9. The minimum Gasteiger partial charge on any atom is -0.292 e. The minimum atomic E-state index is -0.964. The second-order valence-electron chi connectivity index (χ2n) is 9.66. The molecule has 39 heavy (non-hydrogen) atoms. The Balaban J connectivity index is 1.71. The molecule has 1 spiro atoms. The fourth-order valence-corrected chi connectivity index (χ4v) is 9.32.